The average molecular weight is 177 g/mol. The predicted octanol–water partition coefficient (Wildman–Crippen LogP) is 1.17. The van der Waals surface area contributed by atoms with Gasteiger partial charge in [-0.25, -0.2) is 0 Å². The molecule has 2 saturated carbocycles. The van der Waals surface area contributed by atoms with E-state index in [2.05, 4.69) is 11.2 Å². The van der Waals surface area contributed by atoms with Crippen molar-refractivity contribution in [3.63, 3.8) is 0 Å². The summed E-state index contributed by atoms with van der Waals surface area (Å²) in [5, 5.41) is 2.85. The van der Waals surface area contributed by atoms with Crippen LogP contribution in [-0.4, -0.2) is 11.9 Å². The number of carbonyl (C=O) groups is 1. The van der Waals surface area contributed by atoms with Crippen molar-refractivity contribution in [2.45, 2.75) is 32.2 Å². The number of rotatable bonds is 2. The number of hydrogen-bond acceptors (Lipinski definition) is 1. The van der Waals surface area contributed by atoms with E-state index in [1.54, 1.807) is 0 Å². The number of carbonyl (C=O) groups excluding carboxylic acids is 1. The molecular weight excluding hydrogens is 162 g/mol. The summed E-state index contributed by atoms with van der Waals surface area (Å²) >= 11 is 0. The fraction of sp³-hybridized carbons (Fsp3) is 0.727. The van der Waals surface area contributed by atoms with Crippen LogP contribution in [0.5, 0.6) is 0 Å². The van der Waals surface area contributed by atoms with E-state index >= 15 is 0 Å². The van der Waals surface area contributed by atoms with Gasteiger partial charge in [-0.2, -0.15) is 0 Å². The Kier molecular flexibility index (Phi) is 2.03. The molecule has 1 N–H and O–H groups in total. The van der Waals surface area contributed by atoms with Gasteiger partial charge in [0.25, 0.3) is 0 Å². The molecule has 0 radical (unpaired) electrons. The van der Waals surface area contributed by atoms with Gasteiger partial charge in [-0.1, -0.05) is 12.3 Å². The highest BCUT2D eigenvalue weighted by molar-refractivity contribution is 5.82. The lowest BCUT2D eigenvalue weighted by molar-refractivity contribution is -0.123. The second-order valence-corrected chi connectivity index (χ2v) is 4.18. The van der Waals surface area contributed by atoms with Crippen LogP contribution in [0.4, 0.5) is 0 Å². The Balaban J connectivity index is 1.84. The van der Waals surface area contributed by atoms with Crippen molar-refractivity contribution in [2.75, 3.05) is 0 Å². The van der Waals surface area contributed by atoms with Gasteiger partial charge in [0.1, 0.15) is 0 Å². The summed E-state index contributed by atoms with van der Waals surface area (Å²) in [6, 6.07) is -0.117. The number of fused-ring (bicyclic) bond motifs is 1. The van der Waals surface area contributed by atoms with E-state index in [-0.39, 0.29) is 11.9 Å². The van der Waals surface area contributed by atoms with Crippen molar-refractivity contribution in [3.8, 4) is 12.3 Å². The van der Waals surface area contributed by atoms with Gasteiger partial charge >= 0.3 is 0 Å². The molecule has 2 heteroatoms. The normalized spacial score (nSPS) is 37.4. The van der Waals surface area contributed by atoms with Gasteiger partial charge in [0.2, 0.25) is 5.91 Å². The summed E-state index contributed by atoms with van der Waals surface area (Å²) in [7, 11) is 0. The number of amides is 1. The Labute approximate surface area is 79.1 Å². The monoisotopic (exact) mass is 177 g/mol. The standard InChI is InChI=1S/C11H15NO/c1-3-7(2)12-11(13)10-8-5-4-6-9(8)10/h1,7-10H,4-6H2,2H3,(H,12,13). The highest BCUT2D eigenvalue weighted by Gasteiger charge is 2.56. The molecule has 3 atom stereocenters. The maximum Gasteiger partial charge on any atom is 0.224 e. The van der Waals surface area contributed by atoms with Crippen molar-refractivity contribution in [1.82, 2.24) is 5.32 Å². The van der Waals surface area contributed by atoms with Gasteiger partial charge in [-0.05, 0) is 31.6 Å². The summed E-state index contributed by atoms with van der Waals surface area (Å²) in [4.78, 5) is 11.6. The van der Waals surface area contributed by atoms with Crippen LogP contribution in [0, 0.1) is 30.1 Å². The third kappa shape index (κ3) is 1.44. The quantitative estimate of drug-likeness (QED) is 0.630. The fourth-order valence-corrected chi connectivity index (χ4v) is 2.56. The van der Waals surface area contributed by atoms with E-state index in [4.69, 9.17) is 6.42 Å². The third-order valence-corrected chi connectivity index (χ3v) is 3.32. The molecule has 0 bridgehead atoms. The molecule has 1 amide bonds. The molecule has 0 aliphatic heterocycles. The van der Waals surface area contributed by atoms with Crippen LogP contribution in [-0.2, 0) is 4.79 Å². The van der Waals surface area contributed by atoms with E-state index in [0.29, 0.717) is 17.8 Å². The Hall–Kier alpha value is -0.970. The summed E-state index contributed by atoms with van der Waals surface area (Å²) in [5.41, 5.74) is 0. The minimum absolute atomic E-state index is 0.117. The Morgan fingerprint density at radius 3 is 2.69 bits per heavy atom. The van der Waals surface area contributed by atoms with E-state index < -0.39 is 0 Å². The maximum absolute atomic E-state index is 11.6. The Morgan fingerprint density at radius 2 is 2.15 bits per heavy atom. The van der Waals surface area contributed by atoms with Gasteiger partial charge in [0.15, 0.2) is 0 Å². The molecule has 13 heavy (non-hydrogen) atoms. The number of nitrogens with one attached hydrogen (secondary N) is 1. The minimum Gasteiger partial charge on any atom is -0.342 e. The van der Waals surface area contributed by atoms with E-state index in [1.165, 1.54) is 19.3 Å². The van der Waals surface area contributed by atoms with Gasteiger partial charge in [-0.3, -0.25) is 4.79 Å². The van der Waals surface area contributed by atoms with E-state index in [1.807, 2.05) is 6.92 Å². The zero-order valence-corrected chi connectivity index (χ0v) is 7.92. The molecule has 3 unspecified atom stereocenters. The lowest BCUT2D eigenvalue weighted by Gasteiger charge is -2.08. The zero-order chi connectivity index (χ0) is 9.42. The first-order valence-electron chi connectivity index (χ1n) is 5.00. The molecule has 2 aliphatic rings. The zero-order valence-electron chi connectivity index (χ0n) is 7.92. The highest BCUT2D eigenvalue weighted by atomic mass is 16.2. The number of terminal acetylenes is 1. The van der Waals surface area contributed by atoms with E-state index in [0.717, 1.165) is 0 Å². The molecule has 0 spiro atoms. The lowest BCUT2D eigenvalue weighted by atomic mass is 10.1. The van der Waals surface area contributed by atoms with Gasteiger partial charge in [0.05, 0.1) is 6.04 Å². The highest BCUT2D eigenvalue weighted by Crippen LogP contribution is 2.57. The molecule has 2 nitrogen and oxygen atoms in total. The number of hydrogen-bond donors (Lipinski definition) is 1. The largest absolute Gasteiger partial charge is 0.342 e. The molecule has 70 valence electrons. The van der Waals surface area contributed by atoms with Gasteiger partial charge < -0.3 is 5.32 Å². The van der Waals surface area contributed by atoms with Crippen LogP contribution in [0.2, 0.25) is 0 Å². The van der Waals surface area contributed by atoms with Crippen LogP contribution >= 0.6 is 0 Å². The first-order valence-corrected chi connectivity index (χ1v) is 5.00. The first-order chi connectivity index (χ1) is 6.24. The SMILES string of the molecule is C#CC(C)NC(=O)C1C2CCCC21. The molecule has 2 fully saturated rings. The van der Waals surface area contributed by atoms with E-state index in [9.17, 15) is 4.79 Å². The van der Waals surface area contributed by atoms with Gasteiger partial charge in [0, 0.05) is 5.92 Å². The second kappa shape index (κ2) is 3.06. The van der Waals surface area contributed by atoms with Crippen molar-refractivity contribution in [1.29, 1.82) is 0 Å². The van der Waals surface area contributed by atoms with Crippen LogP contribution < -0.4 is 5.32 Å². The van der Waals surface area contributed by atoms with Crippen LogP contribution in [0.3, 0.4) is 0 Å². The summed E-state index contributed by atoms with van der Waals surface area (Å²) in [5.74, 6) is 4.36. The van der Waals surface area contributed by atoms with Crippen LogP contribution in [0.15, 0.2) is 0 Å². The molecule has 2 aliphatic carbocycles. The molecule has 0 saturated heterocycles. The molecule has 0 aromatic carbocycles. The third-order valence-electron chi connectivity index (χ3n) is 3.32. The molecular formula is C11H15NO. The predicted molar refractivity (Wildman–Crippen MR) is 50.8 cm³/mol. The summed E-state index contributed by atoms with van der Waals surface area (Å²) in [6.45, 7) is 1.84. The summed E-state index contributed by atoms with van der Waals surface area (Å²) < 4.78 is 0. The van der Waals surface area contributed by atoms with Crippen molar-refractivity contribution in [3.05, 3.63) is 0 Å². The first kappa shape index (κ1) is 8.62. The fourth-order valence-electron chi connectivity index (χ4n) is 2.56. The van der Waals surface area contributed by atoms with Gasteiger partial charge in [-0.15, -0.1) is 6.42 Å². The molecule has 0 heterocycles. The maximum atomic E-state index is 11.6. The topological polar surface area (TPSA) is 29.1 Å². The Bertz CT molecular complexity index is 256. The van der Waals surface area contributed by atoms with Crippen LogP contribution in [0.25, 0.3) is 0 Å². The molecule has 2 rings (SSSR count). The van der Waals surface area contributed by atoms with Crippen molar-refractivity contribution in [2.24, 2.45) is 17.8 Å². The lowest BCUT2D eigenvalue weighted by Crippen LogP contribution is -2.33. The van der Waals surface area contributed by atoms with Crippen LogP contribution in [0.1, 0.15) is 26.2 Å². The summed E-state index contributed by atoms with van der Waals surface area (Å²) in [6.07, 6.45) is 8.99. The van der Waals surface area contributed by atoms with Crippen molar-refractivity contribution < 1.29 is 4.79 Å². The second-order valence-electron chi connectivity index (χ2n) is 4.18. The Morgan fingerprint density at radius 1 is 1.54 bits per heavy atom. The molecule has 0 aromatic rings. The molecule has 0 aromatic heterocycles. The smallest absolute Gasteiger partial charge is 0.224 e. The van der Waals surface area contributed by atoms with Crippen molar-refractivity contribution >= 4 is 5.91 Å². The minimum atomic E-state index is -0.117. The average Bonchev–Trinajstić information content (AvgIpc) is 2.61.